The SMILES string of the molecule is CCOC1CCN(C(=NC)NCC(C)N2CCc3ccccc3C2)CC1. The van der Waals surface area contributed by atoms with Crippen LogP contribution in [0.5, 0.6) is 0 Å². The summed E-state index contributed by atoms with van der Waals surface area (Å²) in [5.41, 5.74) is 2.99. The van der Waals surface area contributed by atoms with E-state index >= 15 is 0 Å². The number of rotatable bonds is 5. The van der Waals surface area contributed by atoms with Crippen molar-refractivity contribution in [2.45, 2.75) is 51.8 Å². The molecule has 1 atom stereocenters. The van der Waals surface area contributed by atoms with E-state index in [4.69, 9.17) is 4.74 Å². The predicted molar refractivity (Wildman–Crippen MR) is 108 cm³/mol. The number of guanidine groups is 1. The first-order valence-corrected chi connectivity index (χ1v) is 10.1. The molecule has 1 unspecified atom stereocenters. The van der Waals surface area contributed by atoms with Crippen LogP contribution in [-0.2, 0) is 17.7 Å². The summed E-state index contributed by atoms with van der Waals surface area (Å²) < 4.78 is 5.76. The van der Waals surface area contributed by atoms with Crippen molar-refractivity contribution < 1.29 is 4.74 Å². The summed E-state index contributed by atoms with van der Waals surface area (Å²) >= 11 is 0. The Bertz CT molecular complexity index is 595. The van der Waals surface area contributed by atoms with E-state index < -0.39 is 0 Å². The van der Waals surface area contributed by atoms with Gasteiger partial charge in [-0.05, 0) is 44.2 Å². The average Bonchev–Trinajstić information content (AvgIpc) is 2.69. The van der Waals surface area contributed by atoms with Crippen LogP contribution >= 0.6 is 0 Å². The molecule has 5 heteroatoms. The van der Waals surface area contributed by atoms with Gasteiger partial charge in [-0.15, -0.1) is 0 Å². The smallest absolute Gasteiger partial charge is 0.193 e. The number of benzene rings is 1. The van der Waals surface area contributed by atoms with Gasteiger partial charge >= 0.3 is 0 Å². The molecule has 0 amide bonds. The molecule has 1 aromatic rings. The topological polar surface area (TPSA) is 40.1 Å². The molecule has 2 aliphatic rings. The molecule has 144 valence electrons. The second-order valence-corrected chi connectivity index (χ2v) is 7.41. The van der Waals surface area contributed by atoms with Gasteiger partial charge in [-0.2, -0.15) is 0 Å². The van der Waals surface area contributed by atoms with Gasteiger partial charge in [-0.1, -0.05) is 24.3 Å². The molecule has 1 N–H and O–H groups in total. The quantitative estimate of drug-likeness (QED) is 0.649. The molecule has 2 heterocycles. The zero-order valence-corrected chi connectivity index (χ0v) is 16.6. The summed E-state index contributed by atoms with van der Waals surface area (Å²) in [7, 11) is 1.89. The average molecular weight is 359 g/mol. The molecule has 0 saturated carbocycles. The predicted octanol–water partition coefficient (Wildman–Crippen LogP) is 2.51. The van der Waals surface area contributed by atoms with Crippen molar-refractivity contribution >= 4 is 5.96 Å². The van der Waals surface area contributed by atoms with Gasteiger partial charge in [0, 0.05) is 52.4 Å². The Hall–Kier alpha value is -1.59. The fraction of sp³-hybridized carbons (Fsp3) is 0.667. The summed E-state index contributed by atoms with van der Waals surface area (Å²) in [5.74, 6) is 1.03. The molecule has 26 heavy (non-hydrogen) atoms. The fourth-order valence-electron chi connectivity index (χ4n) is 4.06. The first-order chi connectivity index (χ1) is 12.7. The van der Waals surface area contributed by atoms with Gasteiger partial charge < -0.3 is 15.0 Å². The van der Waals surface area contributed by atoms with Crippen molar-refractivity contribution in [2.75, 3.05) is 39.8 Å². The lowest BCUT2D eigenvalue weighted by atomic mass is 9.99. The van der Waals surface area contributed by atoms with Crippen LogP contribution < -0.4 is 5.32 Å². The summed E-state index contributed by atoms with van der Waals surface area (Å²) in [6.45, 7) is 10.4. The minimum atomic E-state index is 0.418. The van der Waals surface area contributed by atoms with E-state index in [1.54, 1.807) is 0 Å². The van der Waals surface area contributed by atoms with Crippen LogP contribution in [0.1, 0.15) is 37.8 Å². The van der Waals surface area contributed by atoms with Gasteiger partial charge in [0.05, 0.1) is 6.10 Å². The van der Waals surface area contributed by atoms with E-state index in [0.29, 0.717) is 12.1 Å². The highest BCUT2D eigenvalue weighted by atomic mass is 16.5. The summed E-state index contributed by atoms with van der Waals surface area (Å²) in [4.78, 5) is 9.45. The lowest BCUT2D eigenvalue weighted by Gasteiger charge is -2.36. The largest absolute Gasteiger partial charge is 0.378 e. The molecule has 0 aliphatic carbocycles. The Kier molecular flexibility index (Phi) is 6.92. The van der Waals surface area contributed by atoms with Gasteiger partial charge in [0.25, 0.3) is 0 Å². The van der Waals surface area contributed by atoms with E-state index in [-0.39, 0.29) is 0 Å². The van der Waals surface area contributed by atoms with E-state index in [0.717, 1.165) is 64.6 Å². The number of likely N-dealkylation sites (tertiary alicyclic amines) is 1. The highest BCUT2D eigenvalue weighted by Gasteiger charge is 2.23. The number of aliphatic imine (C=N–C) groups is 1. The second-order valence-electron chi connectivity index (χ2n) is 7.41. The minimum Gasteiger partial charge on any atom is -0.378 e. The summed E-state index contributed by atoms with van der Waals surface area (Å²) in [6.07, 6.45) is 3.75. The van der Waals surface area contributed by atoms with Crippen LogP contribution in [0.4, 0.5) is 0 Å². The first-order valence-electron chi connectivity index (χ1n) is 10.1. The Morgan fingerprint density at radius 3 is 2.65 bits per heavy atom. The number of nitrogens with zero attached hydrogens (tertiary/aromatic N) is 3. The van der Waals surface area contributed by atoms with Crippen molar-refractivity contribution in [2.24, 2.45) is 4.99 Å². The highest BCUT2D eigenvalue weighted by molar-refractivity contribution is 5.80. The van der Waals surface area contributed by atoms with Crippen molar-refractivity contribution in [3.05, 3.63) is 35.4 Å². The van der Waals surface area contributed by atoms with Crippen LogP contribution in [0.25, 0.3) is 0 Å². The lowest BCUT2D eigenvalue weighted by molar-refractivity contribution is 0.0263. The maximum Gasteiger partial charge on any atom is 0.193 e. The van der Waals surface area contributed by atoms with E-state index in [9.17, 15) is 0 Å². The van der Waals surface area contributed by atoms with Crippen LogP contribution in [0.2, 0.25) is 0 Å². The lowest BCUT2D eigenvalue weighted by Crippen LogP contribution is -2.50. The van der Waals surface area contributed by atoms with Gasteiger partial charge in [0.15, 0.2) is 5.96 Å². The summed E-state index contributed by atoms with van der Waals surface area (Å²) in [6, 6.07) is 9.32. The Morgan fingerprint density at radius 1 is 1.23 bits per heavy atom. The molecule has 0 aromatic heterocycles. The van der Waals surface area contributed by atoms with Gasteiger partial charge in [0.2, 0.25) is 0 Å². The molecule has 0 radical (unpaired) electrons. The molecule has 1 aromatic carbocycles. The van der Waals surface area contributed by atoms with Crippen molar-refractivity contribution in [1.82, 2.24) is 15.1 Å². The molecule has 3 rings (SSSR count). The zero-order valence-electron chi connectivity index (χ0n) is 16.6. The van der Waals surface area contributed by atoms with Crippen LogP contribution in [0, 0.1) is 0 Å². The van der Waals surface area contributed by atoms with Crippen molar-refractivity contribution in [3.8, 4) is 0 Å². The first kappa shape index (κ1) is 19.2. The molecule has 5 nitrogen and oxygen atoms in total. The Balaban J connectivity index is 1.47. The molecule has 0 spiro atoms. The Morgan fingerprint density at radius 2 is 1.96 bits per heavy atom. The number of nitrogens with one attached hydrogen (secondary N) is 1. The fourth-order valence-corrected chi connectivity index (χ4v) is 4.06. The zero-order chi connectivity index (χ0) is 18.4. The van der Waals surface area contributed by atoms with Crippen LogP contribution in [0.15, 0.2) is 29.3 Å². The Labute approximate surface area is 158 Å². The molecule has 0 bridgehead atoms. The third kappa shape index (κ3) is 4.77. The molecule has 1 saturated heterocycles. The minimum absolute atomic E-state index is 0.418. The normalized spacial score (nSPS) is 20.7. The van der Waals surface area contributed by atoms with Crippen molar-refractivity contribution in [1.29, 1.82) is 0 Å². The van der Waals surface area contributed by atoms with Gasteiger partial charge in [-0.3, -0.25) is 9.89 Å². The number of ether oxygens (including phenoxy) is 1. The van der Waals surface area contributed by atoms with E-state index in [2.05, 4.69) is 58.2 Å². The van der Waals surface area contributed by atoms with Crippen molar-refractivity contribution in [3.63, 3.8) is 0 Å². The number of hydrogen-bond acceptors (Lipinski definition) is 3. The third-order valence-corrected chi connectivity index (χ3v) is 5.69. The third-order valence-electron chi connectivity index (χ3n) is 5.69. The molecular weight excluding hydrogens is 324 g/mol. The van der Waals surface area contributed by atoms with E-state index in [1.165, 1.54) is 11.1 Å². The second kappa shape index (κ2) is 9.38. The number of piperidine rings is 1. The maximum atomic E-state index is 5.76. The van der Waals surface area contributed by atoms with Crippen LogP contribution in [0.3, 0.4) is 0 Å². The standard InChI is InChI=1S/C21H34N4O/c1-4-26-20-10-13-24(14-11-20)21(22-3)23-15-17(2)25-12-9-18-7-5-6-8-19(18)16-25/h5-8,17,20H,4,9-16H2,1-3H3,(H,22,23). The molecule has 1 fully saturated rings. The van der Waals surface area contributed by atoms with E-state index in [1.807, 2.05) is 7.05 Å². The van der Waals surface area contributed by atoms with Gasteiger partial charge in [-0.25, -0.2) is 0 Å². The van der Waals surface area contributed by atoms with Gasteiger partial charge in [0.1, 0.15) is 0 Å². The maximum absolute atomic E-state index is 5.76. The number of fused-ring (bicyclic) bond motifs is 1. The monoisotopic (exact) mass is 358 g/mol. The molecule has 2 aliphatic heterocycles. The number of hydrogen-bond donors (Lipinski definition) is 1. The summed E-state index contributed by atoms with van der Waals surface area (Å²) in [5, 5.41) is 3.60. The van der Waals surface area contributed by atoms with Crippen LogP contribution in [-0.4, -0.2) is 67.7 Å². The highest BCUT2D eigenvalue weighted by Crippen LogP contribution is 2.20. The molecular formula is C21H34N4O.